The number of rotatable bonds is 4. The molecule has 0 aliphatic rings. The van der Waals surface area contributed by atoms with Crippen molar-refractivity contribution in [3.8, 4) is 5.75 Å². The van der Waals surface area contributed by atoms with Crippen LogP contribution in [0.5, 0.6) is 5.75 Å². The first-order valence-electron chi connectivity index (χ1n) is 4.47. The Morgan fingerprint density at radius 2 is 2.15 bits per heavy atom. The fraction of sp³-hybridized carbons (Fsp3) is 0.455. The molecule has 0 saturated heterocycles. The lowest BCUT2D eigenvalue weighted by Gasteiger charge is -2.08. The van der Waals surface area contributed by atoms with Gasteiger partial charge in [-0.1, -0.05) is 33.6 Å². The molecule has 0 amide bonds. The van der Waals surface area contributed by atoms with Gasteiger partial charge in [0.15, 0.2) is 0 Å². The van der Waals surface area contributed by atoms with Crippen molar-refractivity contribution in [2.45, 2.75) is 19.8 Å². The van der Waals surface area contributed by atoms with Crippen LogP contribution in [0.1, 0.15) is 17.5 Å². The summed E-state index contributed by atoms with van der Waals surface area (Å²) in [6.45, 7) is 2.11. The van der Waals surface area contributed by atoms with Gasteiger partial charge >= 0.3 is 0 Å². The molecule has 0 bridgehead atoms. The van der Waals surface area contributed by atoms with Gasteiger partial charge in [0.05, 0.1) is 7.11 Å². The third-order valence-electron chi connectivity index (χ3n) is 2.02. The van der Waals surface area contributed by atoms with Gasteiger partial charge in [-0.3, -0.25) is 0 Å². The SMILES string of the molecule is COc1ccc(C)cc1CCCBr. The quantitative estimate of drug-likeness (QED) is 0.737. The van der Waals surface area contributed by atoms with Crippen LogP contribution in [0.25, 0.3) is 0 Å². The van der Waals surface area contributed by atoms with E-state index in [-0.39, 0.29) is 0 Å². The third kappa shape index (κ3) is 3.03. The number of hydrogen-bond donors (Lipinski definition) is 0. The van der Waals surface area contributed by atoms with Crippen LogP contribution in [0.15, 0.2) is 18.2 Å². The normalized spacial score (nSPS) is 10.1. The summed E-state index contributed by atoms with van der Waals surface area (Å²) >= 11 is 3.43. The molecule has 1 aromatic carbocycles. The molecule has 0 saturated carbocycles. The molecule has 0 aliphatic carbocycles. The first-order valence-corrected chi connectivity index (χ1v) is 5.59. The fourth-order valence-corrected chi connectivity index (χ4v) is 1.64. The summed E-state index contributed by atoms with van der Waals surface area (Å²) in [5.74, 6) is 1.01. The van der Waals surface area contributed by atoms with Crippen molar-refractivity contribution in [1.29, 1.82) is 0 Å². The molecule has 0 N–H and O–H groups in total. The van der Waals surface area contributed by atoms with E-state index in [2.05, 4.69) is 35.0 Å². The van der Waals surface area contributed by atoms with Gasteiger partial charge in [-0.05, 0) is 31.4 Å². The summed E-state index contributed by atoms with van der Waals surface area (Å²) in [4.78, 5) is 0. The number of methoxy groups -OCH3 is 1. The second kappa shape index (κ2) is 5.28. The van der Waals surface area contributed by atoms with E-state index in [0.717, 1.165) is 23.9 Å². The van der Waals surface area contributed by atoms with Gasteiger partial charge in [-0.2, -0.15) is 0 Å². The standard InChI is InChI=1S/C11H15BrO/c1-9-5-6-11(13-2)10(8-9)4-3-7-12/h5-6,8H,3-4,7H2,1-2H3. The molecule has 2 heteroatoms. The van der Waals surface area contributed by atoms with E-state index >= 15 is 0 Å². The smallest absolute Gasteiger partial charge is 0.122 e. The highest BCUT2D eigenvalue weighted by atomic mass is 79.9. The second-order valence-electron chi connectivity index (χ2n) is 3.11. The fourth-order valence-electron chi connectivity index (χ4n) is 1.36. The molecule has 0 heterocycles. The van der Waals surface area contributed by atoms with Gasteiger partial charge in [0.25, 0.3) is 0 Å². The highest BCUT2D eigenvalue weighted by Crippen LogP contribution is 2.21. The highest BCUT2D eigenvalue weighted by Gasteiger charge is 2.01. The Hall–Kier alpha value is -0.500. The van der Waals surface area contributed by atoms with Gasteiger partial charge in [-0.15, -0.1) is 0 Å². The van der Waals surface area contributed by atoms with Crippen molar-refractivity contribution >= 4 is 15.9 Å². The Morgan fingerprint density at radius 1 is 1.38 bits per heavy atom. The maximum Gasteiger partial charge on any atom is 0.122 e. The molecule has 0 fully saturated rings. The summed E-state index contributed by atoms with van der Waals surface area (Å²) in [6, 6.07) is 6.32. The molecule has 0 unspecified atom stereocenters. The minimum Gasteiger partial charge on any atom is -0.496 e. The molecule has 0 aromatic heterocycles. The van der Waals surface area contributed by atoms with Crippen LogP contribution in [0.2, 0.25) is 0 Å². The van der Waals surface area contributed by atoms with Crippen LogP contribution >= 0.6 is 15.9 Å². The second-order valence-corrected chi connectivity index (χ2v) is 3.90. The number of ether oxygens (including phenoxy) is 1. The Morgan fingerprint density at radius 3 is 2.77 bits per heavy atom. The van der Waals surface area contributed by atoms with Crippen LogP contribution in [0, 0.1) is 6.92 Å². The minimum atomic E-state index is 1.01. The number of alkyl halides is 1. The molecule has 72 valence electrons. The van der Waals surface area contributed by atoms with Crippen molar-refractivity contribution in [3.05, 3.63) is 29.3 Å². The Labute approximate surface area is 88.2 Å². The van der Waals surface area contributed by atoms with Crippen molar-refractivity contribution in [2.75, 3.05) is 12.4 Å². The molecule has 13 heavy (non-hydrogen) atoms. The van der Waals surface area contributed by atoms with Crippen LogP contribution in [0.3, 0.4) is 0 Å². The van der Waals surface area contributed by atoms with Gasteiger partial charge in [0.2, 0.25) is 0 Å². The summed E-state index contributed by atoms with van der Waals surface area (Å²) in [5, 5.41) is 1.05. The van der Waals surface area contributed by atoms with E-state index < -0.39 is 0 Å². The van der Waals surface area contributed by atoms with Crippen molar-refractivity contribution in [2.24, 2.45) is 0 Å². The predicted molar refractivity (Wildman–Crippen MR) is 59.8 cm³/mol. The summed E-state index contributed by atoms with van der Waals surface area (Å²) in [7, 11) is 1.72. The van der Waals surface area contributed by atoms with E-state index in [1.54, 1.807) is 7.11 Å². The molecule has 1 aromatic rings. The van der Waals surface area contributed by atoms with Gasteiger partial charge in [-0.25, -0.2) is 0 Å². The lowest BCUT2D eigenvalue weighted by molar-refractivity contribution is 0.409. The number of hydrogen-bond acceptors (Lipinski definition) is 1. The number of aryl methyl sites for hydroxylation is 2. The summed E-state index contributed by atoms with van der Waals surface area (Å²) in [6.07, 6.45) is 2.23. The average Bonchev–Trinajstić information content (AvgIpc) is 2.15. The Bertz CT molecular complexity index is 271. The first-order chi connectivity index (χ1) is 6.27. The van der Waals surface area contributed by atoms with Crippen LogP contribution in [0.4, 0.5) is 0 Å². The van der Waals surface area contributed by atoms with E-state index in [4.69, 9.17) is 4.74 Å². The Kier molecular flexibility index (Phi) is 4.29. The zero-order valence-corrected chi connectivity index (χ0v) is 9.73. The van der Waals surface area contributed by atoms with E-state index in [0.29, 0.717) is 0 Å². The maximum atomic E-state index is 5.28. The topological polar surface area (TPSA) is 9.23 Å². The van der Waals surface area contributed by atoms with E-state index in [9.17, 15) is 0 Å². The lowest BCUT2D eigenvalue weighted by Crippen LogP contribution is -1.93. The van der Waals surface area contributed by atoms with Crippen LogP contribution in [-0.2, 0) is 6.42 Å². The maximum absolute atomic E-state index is 5.28. The monoisotopic (exact) mass is 242 g/mol. The summed E-state index contributed by atoms with van der Waals surface area (Å²) in [5.41, 5.74) is 2.60. The van der Waals surface area contributed by atoms with E-state index in [1.165, 1.54) is 11.1 Å². The predicted octanol–water partition coefficient (Wildman–Crippen LogP) is 3.33. The summed E-state index contributed by atoms with van der Waals surface area (Å²) < 4.78 is 5.28. The first kappa shape index (κ1) is 10.6. The molecule has 0 radical (unpaired) electrons. The van der Waals surface area contributed by atoms with Crippen molar-refractivity contribution in [3.63, 3.8) is 0 Å². The van der Waals surface area contributed by atoms with Crippen LogP contribution in [-0.4, -0.2) is 12.4 Å². The number of benzene rings is 1. The van der Waals surface area contributed by atoms with Gasteiger partial charge in [0.1, 0.15) is 5.75 Å². The van der Waals surface area contributed by atoms with E-state index in [1.807, 2.05) is 6.07 Å². The molecule has 0 aliphatic heterocycles. The zero-order chi connectivity index (χ0) is 9.68. The molecular weight excluding hydrogens is 228 g/mol. The van der Waals surface area contributed by atoms with Crippen molar-refractivity contribution < 1.29 is 4.74 Å². The average molecular weight is 243 g/mol. The van der Waals surface area contributed by atoms with Gasteiger partial charge < -0.3 is 4.74 Å². The number of halogens is 1. The third-order valence-corrected chi connectivity index (χ3v) is 2.58. The van der Waals surface area contributed by atoms with Gasteiger partial charge in [0, 0.05) is 5.33 Å². The highest BCUT2D eigenvalue weighted by molar-refractivity contribution is 9.09. The Balaban J connectivity index is 2.81. The van der Waals surface area contributed by atoms with Crippen molar-refractivity contribution in [1.82, 2.24) is 0 Å². The largest absolute Gasteiger partial charge is 0.496 e. The molecular formula is C11H15BrO. The molecule has 1 rings (SSSR count). The lowest BCUT2D eigenvalue weighted by atomic mass is 10.1. The zero-order valence-electron chi connectivity index (χ0n) is 8.14. The molecule has 0 atom stereocenters. The minimum absolute atomic E-state index is 1.01. The van der Waals surface area contributed by atoms with Crippen LogP contribution < -0.4 is 4.74 Å². The molecule has 0 spiro atoms. The molecule has 1 nitrogen and oxygen atoms in total.